The van der Waals surface area contributed by atoms with Crippen LogP contribution in [0.25, 0.3) is 0 Å². The largest absolute Gasteiger partial charge is 0.357 e. The number of hydrogen-bond donors (Lipinski definition) is 2. The highest BCUT2D eigenvalue weighted by Gasteiger charge is 2.01. The third-order valence-electron chi connectivity index (χ3n) is 2.60. The Balaban J connectivity index is 0.00000361. The first-order valence-corrected chi connectivity index (χ1v) is 6.63. The summed E-state index contributed by atoms with van der Waals surface area (Å²) in [5.41, 5.74) is 0. The van der Waals surface area contributed by atoms with Crippen LogP contribution in [0.15, 0.2) is 11.3 Å². The van der Waals surface area contributed by atoms with Gasteiger partial charge in [0, 0.05) is 20.1 Å². The molecule has 0 spiro atoms. The minimum Gasteiger partial charge on any atom is -0.357 e. The van der Waals surface area contributed by atoms with Gasteiger partial charge in [0.2, 0.25) is 0 Å². The van der Waals surface area contributed by atoms with Gasteiger partial charge in [-0.3, -0.25) is 4.68 Å². The third-order valence-corrected chi connectivity index (χ3v) is 2.60. The fourth-order valence-corrected chi connectivity index (χ4v) is 1.56. The molecule has 0 fully saturated rings. The number of rotatable bonds is 7. The molecule has 1 heterocycles. The van der Waals surface area contributed by atoms with Crippen molar-refractivity contribution in [2.45, 2.75) is 19.9 Å². The van der Waals surface area contributed by atoms with Crippen molar-refractivity contribution >= 4 is 29.9 Å². The molecule has 0 aromatic carbocycles. The van der Waals surface area contributed by atoms with Gasteiger partial charge in [-0.05, 0) is 34.0 Å². The van der Waals surface area contributed by atoms with Crippen LogP contribution in [-0.4, -0.2) is 59.4 Å². The van der Waals surface area contributed by atoms with Crippen molar-refractivity contribution in [1.29, 1.82) is 0 Å². The van der Waals surface area contributed by atoms with E-state index in [4.69, 9.17) is 0 Å². The minimum absolute atomic E-state index is 0. The number of halogens is 1. The van der Waals surface area contributed by atoms with Gasteiger partial charge in [-0.2, -0.15) is 5.10 Å². The summed E-state index contributed by atoms with van der Waals surface area (Å²) in [4.78, 5) is 10.8. The monoisotopic (exact) mass is 395 g/mol. The van der Waals surface area contributed by atoms with Crippen molar-refractivity contribution in [3.8, 4) is 0 Å². The molecule has 116 valence electrons. The first-order valence-electron chi connectivity index (χ1n) is 6.63. The summed E-state index contributed by atoms with van der Waals surface area (Å²) in [6, 6.07) is 0. The second-order valence-corrected chi connectivity index (χ2v) is 4.58. The highest BCUT2D eigenvalue weighted by Crippen LogP contribution is 1.93. The molecule has 0 saturated carbocycles. The maximum absolute atomic E-state index is 4.49. The van der Waals surface area contributed by atoms with Gasteiger partial charge in [0.05, 0.1) is 0 Å². The van der Waals surface area contributed by atoms with Crippen molar-refractivity contribution in [1.82, 2.24) is 30.3 Å². The minimum atomic E-state index is 0. The second kappa shape index (κ2) is 10.8. The lowest BCUT2D eigenvalue weighted by molar-refractivity contribution is 0.399. The van der Waals surface area contributed by atoms with Crippen LogP contribution < -0.4 is 10.6 Å². The Bertz CT molecular complexity index is 389. The highest BCUT2D eigenvalue weighted by molar-refractivity contribution is 14.0. The summed E-state index contributed by atoms with van der Waals surface area (Å²) < 4.78 is 1.74. The molecule has 2 N–H and O–H groups in total. The molecule has 0 atom stereocenters. The molecule has 0 unspecified atom stereocenters. The van der Waals surface area contributed by atoms with Crippen LogP contribution in [0.1, 0.15) is 19.2 Å². The summed E-state index contributed by atoms with van der Waals surface area (Å²) in [7, 11) is 6.02. The Kier molecular flexibility index (Phi) is 10.3. The van der Waals surface area contributed by atoms with E-state index in [9.17, 15) is 0 Å². The van der Waals surface area contributed by atoms with Crippen molar-refractivity contribution in [2.24, 2.45) is 12.0 Å². The van der Waals surface area contributed by atoms with Gasteiger partial charge in [-0.1, -0.05) is 0 Å². The van der Waals surface area contributed by atoms with E-state index in [2.05, 4.69) is 51.6 Å². The van der Waals surface area contributed by atoms with Gasteiger partial charge in [-0.25, -0.2) is 9.98 Å². The van der Waals surface area contributed by atoms with E-state index in [1.54, 1.807) is 11.0 Å². The average Bonchev–Trinajstić information content (AvgIpc) is 2.77. The van der Waals surface area contributed by atoms with Crippen molar-refractivity contribution in [2.75, 3.05) is 33.7 Å². The van der Waals surface area contributed by atoms with E-state index >= 15 is 0 Å². The molecule has 0 radical (unpaired) electrons. The van der Waals surface area contributed by atoms with Gasteiger partial charge in [0.25, 0.3) is 0 Å². The molecule has 7 nitrogen and oxygen atoms in total. The summed E-state index contributed by atoms with van der Waals surface area (Å²) in [5, 5.41) is 10.6. The van der Waals surface area contributed by atoms with Crippen molar-refractivity contribution in [3.05, 3.63) is 12.2 Å². The van der Waals surface area contributed by atoms with Crippen LogP contribution in [0.2, 0.25) is 0 Å². The van der Waals surface area contributed by atoms with E-state index in [1.165, 1.54) is 0 Å². The highest BCUT2D eigenvalue weighted by atomic mass is 127. The number of hydrogen-bond acceptors (Lipinski definition) is 4. The zero-order valence-electron chi connectivity index (χ0n) is 12.8. The van der Waals surface area contributed by atoms with E-state index in [1.807, 2.05) is 7.05 Å². The molecule has 1 aromatic heterocycles. The van der Waals surface area contributed by atoms with Crippen molar-refractivity contribution in [3.63, 3.8) is 0 Å². The maximum atomic E-state index is 4.49. The molecular formula is C12H26IN7. The first-order chi connectivity index (χ1) is 9.13. The summed E-state index contributed by atoms with van der Waals surface area (Å²) in [5.74, 6) is 1.68. The first kappa shape index (κ1) is 19.1. The molecule has 0 amide bonds. The smallest absolute Gasteiger partial charge is 0.191 e. The molecule has 0 aliphatic rings. The molecular weight excluding hydrogens is 369 g/mol. The van der Waals surface area contributed by atoms with E-state index in [0.29, 0.717) is 6.54 Å². The summed E-state index contributed by atoms with van der Waals surface area (Å²) >= 11 is 0. The molecule has 1 rings (SSSR count). The second-order valence-electron chi connectivity index (χ2n) is 4.58. The van der Waals surface area contributed by atoms with E-state index < -0.39 is 0 Å². The zero-order chi connectivity index (χ0) is 14.1. The quantitative estimate of drug-likeness (QED) is 0.304. The predicted molar refractivity (Wildman–Crippen MR) is 92.4 cm³/mol. The van der Waals surface area contributed by atoms with Gasteiger partial charge in [0.1, 0.15) is 18.7 Å². The fourth-order valence-electron chi connectivity index (χ4n) is 1.56. The lowest BCUT2D eigenvalue weighted by atomic mass is 10.4. The molecule has 0 aliphatic heterocycles. The summed E-state index contributed by atoms with van der Waals surface area (Å²) in [6.07, 6.45) is 2.63. The summed E-state index contributed by atoms with van der Waals surface area (Å²) in [6.45, 7) is 5.40. The lowest BCUT2D eigenvalue weighted by Crippen LogP contribution is -2.38. The zero-order valence-corrected chi connectivity index (χ0v) is 15.1. The molecule has 0 bridgehead atoms. The topological polar surface area (TPSA) is 70.4 Å². The molecule has 0 saturated heterocycles. The number of nitrogens with zero attached hydrogens (tertiary/aromatic N) is 5. The lowest BCUT2D eigenvalue weighted by Gasteiger charge is -2.13. The Morgan fingerprint density at radius 3 is 2.70 bits per heavy atom. The Hall–Kier alpha value is -0.900. The van der Waals surface area contributed by atoms with Crippen LogP contribution in [0.5, 0.6) is 0 Å². The van der Waals surface area contributed by atoms with E-state index in [0.717, 1.165) is 37.8 Å². The van der Waals surface area contributed by atoms with Gasteiger partial charge in [0.15, 0.2) is 5.96 Å². The number of aromatic nitrogens is 3. The van der Waals surface area contributed by atoms with Gasteiger partial charge in [-0.15, -0.1) is 24.0 Å². The Morgan fingerprint density at radius 2 is 2.15 bits per heavy atom. The van der Waals surface area contributed by atoms with Crippen LogP contribution in [0.4, 0.5) is 0 Å². The number of aryl methyl sites for hydroxylation is 1. The molecule has 20 heavy (non-hydrogen) atoms. The maximum Gasteiger partial charge on any atom is 0.191 e. The van der Waals surface area contributed by atoms with Crippen molar-refractivity contribution < 1.29 is 0 Å². The Labute approximate surface area is 138 Å². The van der Waals surface area contributed by atoms with Crippen LogP contribution in [-0.2, 0) is 13.6 Å². The van der Waals surface area contributed by atoms with Crippen LogP contribution in [0, 0.1) is 0 Å². The standard InChI is InChI=1S/C12H25N7.HI/c1-5-13-12(14-7-6-8-18(2)3)15-9-11-16-10-17-19(11)4;/h10H,5-9H2,1-4H3,(H2,13,14,15);1H. The third kappa shape index (κ3) is 7.63. The average molecular weight is 395 g/mol. The van der Waals surface area contributed by atoms with Gasteiger partial charge < -0.3 is 15.5 Å². The molecule has 8 heteroatoms. The fraction of sp³-hybridized carbons (Fsp3) is 0.750. The number of nitrogens with one attached hydrogen (secondary N) is 2. The Morgan fingerprint density at radius 1 is 1.40 bits per heavy atom. The van der Waals surface area contributed by atoms with Crippen LogP contribution >= 0.6 is 24.0 Å². The van der Waals surface area contributed by atoms with E-state index in [-0.39, 0.29) is 24.0 Å². The predicted octanol–water partition coefficient (Wildman–Crippen LogP) is 0.440. The normalized spacial score (nSPS) is 11.3. The van der Waals surface area contributed by atoms with Gasteiger partial charge >= 0.3 is 0 Å². The SMILES string of the molecule is CCNC(=NCc1ncnn1C)NCCCN(C)C.I. The molecule has 1 aromatic rings. The number of guanidine groups is 1. The molecule has 0 aliphatic carbocycles. The number of aliphatic imine (C=N–C) groups is 1. The van der Waals surface area contributed by atoms with Crippen LogP contribution in [0.3, 0.4) is 0 Å².